The first-order valence-electron chi connectivity index (χ1n) is 5.69. The van der Waals surface area contributed by atoms with Crippen molar-refractivity contribution in [3.63, 3.8) is 0 Å². The summed E-state index contributed by atoms with van der Waals surface area (Å²) in [5.74, 6) is 0.141. The normalized spacial score (nSPS) is 10.9. The van der Waals surface area contributed by atoms with E-state index in [2.05, 4.69) is 42.1 Å². The molecule has 1 rings (SSSR count). The van der Waals surface area contributed by atoms with Gasteiger partial charge >= 0.3 is 5.97 Å². The van der Waals surface area contributed by atoms with Crippen LogP contribution in [-0.2, 0) is 4.74 Å². The molecule has 0 aromatic carbocycles. The number of ether oxygens (including phenoxy) is 1. The zero-order valence-corrected chi connectivity index (χ0v) is 11.3. The quantitative estimate of drug-likeness (QED) is 0.604. The predicted molar refractivity (Wildman–Crippen MR) is 70.7 cm³/mol. The van der Waals surface area contributed by atoms with Crippen molar-refractivity contribution in [3.8, 4) is 0 Å². The average molecular weight is 249 g/mol. The van der Waals surface area contributed by atoms with Crippen LogP contribution in [0, 0.1) is 0 Å². The summed E-state index contributed by atoms with van der Waals surface area (Å²) in [6.45, 7) is 10.5. The molecule has 1 aromatic heterocycles. The smallest absolute Gasteiger partial charge is 0.358 e. The summed E-state index contributed by atoms with van der Waals surface area (Å²) >= 11 is 0. The van der Waals surface area contributed by atoms with Crippen LogP contribution in [0.25, 0.3) is 0 Å². The molecule has 0 N–H and O–H groups in total. The molecular formula is C13H19N3O2. The standard InChI is InChI=1S/C13H19N3O2/c1-6-7-16(13(2,3)4)11-9-14-8-10(15-11)12(17)18-5/h6,8-9H,1,7H2,2-5H3. The molecule has 98 valence electrons. The Morgan fingerprint density at radius 3 is 2.67 bits per heavy atom. The first kappa shape index (κ1) is 14.2. The lowest BCUT2D eigenvalue weighted by Gasteiger charge is -2.35. The van der Waals surface area contributed by atoms with Gasteiger partial charge in [0.05, 0.1) is 19.5 Å². The van der Waals surface area contributed by atoms with Gasteiger partial charge in [-0.05, 0) is 20.8 Å². The number of hydrogen-bond donors (Lipinski definition) is 0. The monoisotopic (exact) mass is 249 g/mol. The van der Waals surface area contributed by atoms with Crippen molar-refractivity contribution < 1.29 is 9.53 Å². The van der Waals surface area contributed by atoms with E-state index >= 15 is 0 Å². The number of rotatable bonds is 4. The highest BCUT2D eigenvalue weighted by molar-refractivity contribution is 5.87. The van der Waals surface area contributed by atoms with Crippen molar-refractivity contribution in [2.24, 2.45) is 0 Å². The largest absolute Gasteiger partial charge is 0.464 e. The van der Waals surface area contributed by atoms with E-state index in [-0.39, 0.29) is 11.2 Å². The number of carbonyl (C=O) groups excluding carboxylic acids is 1. The maximum absolute atomic E-state index is 11.4. The maximum Gasteiger partial charge on any atom is 0.358 e. The van der Waals surface area contributed by atoms with E-state index in [1.807, 2.05) is 4.90 Å². The molecule has 0 fully saturated rings. The third kappa shape index (κ3) is 3.29. The molecule has 5 heteroatoms. The lowest BCUT2D eigenvalue weighted by atomic mass is 10.1. The van der Waals surface area contributed by atoms with Crippen LogP contribution in [0.5, 0.6) is 0 Å². The average Bonchev–Trinajstić information content (AvgIpc) is 2.33. The Balaban J connectivity index is 3.13. The van der Waals surface area contributed by atoms with Crippen molar-refractivity contribution in [1.82, 2.24) is 9.97 Å². The van der Waals surface area contributed by atoms with Crippen LogP contribution in [0.4, 0.5) is 5.82 Å². The van der Waals surface area contributed by atoms with E-state index in [4.69, 9.17) is 0 Å². The minimum absolute atomic E-state index is 0.141. The van der Waals surface area contributed by atoms with Crippen LogP contribution in [0.3, 0.4) is 0 Å². The number of methoxy groups -OCH3 is 1. The lowest BCUT2D eigenvalue weighted by Crippen LogP contribution is -2.42. The van der Waals surface area contributed by atoms with Gasteiger partial charge in [0.25, 0.3) is 0 Å². The van der Waals surface area contributed by atoms with Crippen molar-refractivity contribution in [2.45, 2.75) is 26.3 Å². The van der Waals surface area contributed by atoms with Crippen LogP contribution in [0.2, 0.25) is 0 Å². The van der Waals surface area contributed by atoms with E-state index < -0.39 is 5.97 Å². The Morgan fingerprint density at radius 2 is 2.17 bits per heavy atom. The molecule has 1 aromatic rings. The highest BCUT2D eigenvalue weighted by Gasteiger charge is 2.22. The molecule has 0 aliphatic carbocycles. The predicted octanol–water partition coefficient (Wildman–Crippen LogP) is 2.05. The van der Waals surface area contributed by atoms with Crippen molar-refractivity contribution in [1.29, 1.82) is 0 Å². The zero-order chi connectivity index (χ0) is 13.8. The molecular weight excluding hydrogens is 230 g/mol. The van der Waals surface area contributed by atoms with E-state index in [0.717, 1.165) is 0 Å². The Kier molecular flexibility index (Phi) is 4.42. The Morgan fingerprint density at radius 1 is 1.50 bits per heavy atom. The molecule has 0 aliphatic heterocycles. The van der Waals surface area contributed by atoms with E-state index in [1.165, 1.54) is 13.3 Å². The zero-order valence-electron chi connectivity index (χ0n) is 11.3. The van der Waals surface area contributed by atoms with E-state index in [1.54, 1.807) is 12.3 Å². The first-order chi connectivity index (χ1) is 8.40. The minimum Gasteiger partial charge on any atom is -0.464 e. The number of anilines is 1. The molecule has 0 unspecified atom stereocenters. The van der Waals surface area contributed by atoms with E-state index in [0.29, 0.717) is 12.4 Å². The van der Waals surface area contributed by atoms with Gasteiger partial charge in [0.2, 0.25) is 0 Å². The summed E-state index contributed by atoms with van der Waals surface area (Å²) in [6.07, 6.45) is 4.81. The number of aromatic nitrogens is 2. The number of carbonyl (C=O) groups is 1. The number of esters is 1. The fourth-order valence-corrected chi connectivity index (χ4v) is 1.53. The van der Waals surface area contributed by atoms with Crippen LogP contribution in [-0.4, -0.2) is 35.1 Å². The topological polar surface area (TPSA) is 55.3 Å². The fourth-order valence-electron chi connectivity index (χ4n) is 1.53. The lowest BCUT2D eigenvalue weighted by molar-refractivity contribution is 0.0593. The fraction of sp³-hybridized carbons (Fsp3) is 0.462. The summed E-state index contributed by atoms with van der Waals surface area (Å²) in [4.78, 5) is 21.7. The molecule has 0 radical (unpaired) electrons. The summed E-state index contributed by atoms with van der Waals surface area (Å²) < 4.78 is 4.64. The Hall–Kier alpha value is -1.91. The molecule has 0 bridgehead atoms. The third-order valence-electron chi connectivity index (χ3n) is 2.41. The van der Waals surface area contributed by atoms with Gasteiger partial charge in [-0.1, -0.05) is 6.08 Å². The Labute approximate surface area is 108 Å². The molecule has 0 spiro atoms. The molecule has 0 saturated heterocycles. The molecule has 1 heterocycles. The van der Waals surface area contributed by atoms with Gasteiger partial charge in [0.1, 0.15) is 5.82 Å². The van der Waals surface area contributed by atoms with E-state index in [9.17, 15) is 4.79 Å². The SMILES string of the molecule is C=CCN(c1cncc(C(=O)OC)n1)C(C)(C)C. The van der Waals surface area contributed by atoms with Gasteiger partial charge in [-0.25, -0.2) is 9.78 Å². The minimum atomic E-state index is -0.489. The molecule has 5 nitrogen and oxygen atoms in total. The second-order valence-corrected chi connectivity index (χ2v) is 4.82. The van der Waals surface area contributed by atoms with Crippen LogP contribution in [0.15, 0.2) is 25.0 Å². The summed E-state index contributed by atoms with van der Waals surface area (Å²) in [5, 5.41) is 0. The van der Waals surface area contributed by atoms with Gasteiger partial charge in [0.15, 0.2) is 5.69 Å². The van der Waals surface area contributed by atoms with Gasteiger partial charge in [0, 0.05) is 12.1 Å². The molecule has 0 amide bonds. The summed E-state index contributed by atoms with van der Waals surface area (Å²) in [6, 6.07) is 0. The van der Waals surface area contributed by atoms with Gasteiger partial charge in [-0.2, -0.15) is 0 Å². The first-order valence-corrected chi connectivity index (χ1v) is 5.69. The molecule has 0 saturated carbocycles. The number of hydrogen-bond acceptors (Lipinski definition) is 5. The molecule has 18 heavy (non-hydrogen) atoms. The summed E-state index contributed by atoms with van der Waals surface area (Å²) in [7, 11) is 1.32. The molecule has 0 atom stereocenters. The summed E-state index contributed by atoms with van der Waals surface area (Å²) in [5.41, 5.74) is 0.0609. The third-order valence-corrected chi connectivity index (χ3v) is 2.41. The Bertz CT molecular complexity index is 438. The second-order valence-electron chi connectivity index (χ2n) is 4.82. The molecule has 0 aliphatic rings. The van der Waals surface area contributed by atoms with Gasteiger partial charge < -0.3 is 9.64 Å². The highest BCUT2D eigenvalue weighted by atomic mass is 16.5. The maximum atomic E-state index is 11.4. The highest BCUT2D eigenvalue weighted by Crippen LogP contribution is 2.21. The van der Waals surface area contributed by atoms with Crippen LogP contribution >= 0.6 is 0 Å². The van der Waals surface area contributed by atoms with Crippen molar-refractivity contribution in [2.75, 3.05) is 18.6 Å². The van der Waals surface area contributed by atoms with Gasteiger partial charge in [-0.3, -0.25) is 4.98 Å². The van der Waals surface area contributed by atoms with Crippen LogP contribution < -0.4 is 4.90 Å². The second kappa shape index (κ2) is 5.62. The van der Waals surface area contributed by atoms with Crippen LogP contribution in [0.1, 0.15) is 31.3 Å². The van der Waals surface area contributed by atoms with Crippen molar-refractivity contribution in [3.05, 3.63) is 30.7 Å². The number of nitrogens with zero attached hydrogens (tertiary/aromatic N) is 3. The van der Waals surface area contributed by atoms with Crippen molar-refractivity contribution >= 4 is 11.8 Å². The van der Waals surface area contributed by atoms with Gasteiger partial charge in [-0.15, -0.1) is 6.58 Å².